The molecule has 1 heteroatoms. The van der Waals surface area contributed by atoms with E-state index < -0.39 is 0 Å². The monoisotopic (exact) mass is 265 g/mol. The second kappa shape index (κ2) is 6.71. The van der Waals surface area contributed by atoms with Crippen LogP contribution in [0, 0.1) is 0 Å². The maximum absolute atomic E-state index is 3.53. The molecule has 2 aromatic rings. The van der Waals surface area contributed by atoms with E-state index in [-0.39, 0.29) is 0 Å². The van der Waals surface area contributed by atoms with Gasteiger partial charge in [0.1, 0.15) is 0 Å². The fourth-order valence-electron chi connectivity index (χ4n) is 3.00. The zero-order valence-corrected chi connectivity index (χ0v) is 12.1. The number of aryl methyl sites for hydroxylation is 2. The van der Waals surface area contributed by atoms with Gasteiger partial charge in [-0.3, -0.25) is 0 Å². The molecular formula is C19H23N. The molecule has 0 amide bonds. The largest absolute Gasteiger partial charge is 0.312 e. The fourth-order valence-corrected chi connectivity index (χ4v) is 3.00. The number of hydrogen-bond acceptors (Lipinski definition) is 1. The van der Waals surface area contributed by atoms with Crippen LogP contribution in [0.4, 0.5) is 0 Å². The van der Waals surface area contributed by atoms with E-state index in [1.54, 1.807) is 11.1 Å². The molecule has 1 aliphatic rings. The van der Waals surface area contributed by atoms with Crippen LogP contribution in [-0.2, 0) is 25.8 Å². The average Bonchev–Trinajstić information content (AvgIpc) is 2.52. The van der Waals surface area contributed by atoms with E-state index in [4.69, 9.17) is 0 Å². The molecule has 0 atom stereocenters. The number of nitrogens with one attached hydrogen (secondary N) is 1. The average molecular weight is 265 g/mol. The molecule has 0 fully saturated rings. The second-order valence-electron chi connectivity index (χ2n) is 5.72. The predicted octanol–water partition coefficient (Wildman–Crippen LogP) is 3.90. The first kappa shape index (κ1) is 13.4. The van der Waals surface area contributed by atoms with Gasteiger partial charge in [0.15, 0.2) is 0 Å². The zero-order chi connectivity index (χ0) is 13.6. The Hall–Kier alpha value is -1.60. The summed E-state index contributed by atoms with van der Waals surface area (Å²) in [5, 5.41) is 3.53. The van der Waals surface area contributed by atoms with E-state index in [2.05, 4.69) is 53.8 Å². The second-order valence-corrected chi connectivity index (χ2v) is 5.72. The molecule has 1 nitrogen and oxygen atoms in total. The molecule has 0 aliphatic heterocycles. The highest BCUT2D eigenvalue weighted by Gasteiger charge is 2.09. The van der Waals surface area contributed by atoms with Gasteiger partial charge in [0.05, 0.1) is 0 Å². The lowest BCUT2D eigenvalue weighted by Crippen LogP contribution is -2.16. The van der Waals surface area contributed by atoms with E-state index in [9.17, 15) is 0 Å². The van der Waals surface area contributed by atoms with Crippen molar-refractivity contribution in [3.05, 3.63) is 70.8 Å². The van der Waals surface area contributed by atoms with Crippen LogP contribution in [0.15, 0.2) is 48.5 Å². The summed E-state index contributed by atoms with van der Waals surface area (Å²) in [6, 6.07) is 17.7. The summed E-state index contributed by atoms with van der Waals surface area (Å²) in [5.41, 5.74) is 6.01. The molecule has 0 saturated carbocycles. The Morgan fingerprint density at radius 2 is 1.60 bits per heavy atom. The highest BCUT2D eigenvalue weighted by atomic mass is 14.8. The first-order valence-electron chi connectivity index (χ1n) is 7.77. The van der Waals surface area contributed by atoms with Crippen LogP contribution in [-0.4, -0.2) is 6.54 Å². The molecule has 0 aromatic heterocycles. The number of benzene rings is 2. The third kappa shape index (κ3) is 3.49. The summed E-state index contributed by atoms with van der Waals surface area (Å²) in [4.78, 5) is 0. The Balaban J connectivity index is 1.49. The third-order valence-corrected chi connectivity index (χ3v) is 4.18. The van der Waals surface area contributed by atoms with E-state index in [0.717, 1.165) is 19.5 Å². The molecule has 0 unspecified atom stereocenters. The SMILES string of the molecule is c1ccc(CNCCc2ccc3c(c2)CCCC3)cc1. The fraction of sp³-hybridized carbons (Fsp3) is 0.368. The van der Waals surface area contributed by atoms with Gasteiger partial charge in [-0.1, -0.05) is 48.5 Å². The quantitative estimate of drug-likeness (QED) is 0.809. The van der Waals surface area contributed by atoms with Gasteiger partial charge in [0.2, 0.25) is 0 Å². The zero-order valence-electron chi connectivity index (χ0n) is 12.1. The summed E-state index contributed by atoms with van der Waals surface area (Å²) in [5.74, 6) is 0. The number of hydrogen-bond donors (Lipinski definition) is 1. The van der Waals surface area contributed by atoms with E-state index in [1.807, 2.05) is 0 Å². The maximum Gasteiger partial charge on any atom is 0.0205 e. The van der Waals surface area contributed by atoms with Crippen molar-refractivity contribution in [2.24, 2.45) is 0 Å². The molecule has 2 aromatic carbocycles. The minimum Gasteiger partial charge on any atom is -0.312 e. The lowest BCUT2D eigenvalue weighted by molar-refractivity contribution is 0.674. The number of rotatable bonds is 5. The number of fused-ring (bicyclic) bond motifs is 1. The van der Waals surface area contributed by atoms with E-state index in [1.165, 1.54) is 36.8 Å². The summed E-state index contributed by atoms with van der Waals surface area (Å²) < 4.78 is 0. The predicted molar refractivity (Wildman–Crippen MR) is 84.9 cm³/mol. The Kier molecular flexibility index (Phi) is 4.49. The lowest BCUT2D eigenvalue weighted by atomic mass is 9.90. The normalized spacial score (nSPS) is 14.0. The van der Waals surface area contributed by atoms with Crippen molar-refractivity contribution in [3.8, 4) is 0 Å². The Morgan fingerprint density at radius 3 is 2.45 bits per heavy atom. The van der Waals surface area contributed by atoms with Gasteiger partial charge in [-0.2, -0.15) is 0 Å². The smallest absolute Gasteiger partial charge is 0.0205 e. The van der Waals surface area contributed by atoms with Gasteiger partial charge in [-0.05, 0) is 60.9 Å². The molecule has 0 saturated heterocycles. The standard InChI is InChI=1S/C19H23N/c1-2-6-17(7-3-1)15-20-13-12-16-10-11-18-8-4-5-9-19(18)14-16/h1-3,6-7,10-11,14,20H,4-5,8-9,12-13,15H2. The van der Waals surface area contributed by atoms with Crippen LogP contribution in [0.25, 0.3) is 0 Å². The van der Waals surface area contributed by atoms with Gasteiger partial charge in [-0.15, -0.1) is 0 Å². The first-order valence-corrected chi connectivity index (χ1v) is 7.77. The topological polar surface area (TPSA) is 12.0 Å². The highest BCUT2D eigenvalue weighted by Crippen LogP contribution is 2.22. The van der Waals surface area contributed by atoms with Gasteiger partial charge in [0.25, 0.3) is 0 Å². The molecule has 104 valence electrons. The van der Waals surface area contributed by atoms with Crippen LogP contribution >= 0.6 is 0 Å². The summed E-state index contributed by atoms with van der Waals surface area (Å²) in [6.07, 6.45) is 6.41. The Labute approximate surface area is 122 Å². The lowest BCUT2D eigenvalue weighted by Gasteiger charge is -2.16. The Morgan fingerprint density at radius 1 is 0.800 bits per heavy atom. The highest BCUT2D eigenvalue weighted by molar-refractivity contribution is 5.34. The summed E-state index contributed by atoms with van der Waals surface area (Å²) in [7, 11) is 0. The third-order valence-electron chi connectivity index (χ3n) is 4.18. The van der Waals surface area contributed by atoms with E-state index >= 15 is 0 Å². The molecule has 0 radical (unpaired) electrons. The van der Waals surface area contributed by atoms with Crippen molar-refractivity contribution in [3.63, 3.8) is 0 Å². The van der Waals surface area contributed by atoms with Crippen molar-refractivity contribution in [2.45, 2.75) is 38.6 Å². The first-order chi connectivity index (χ1) is 9.92. The van der Waals surface area contributed by atoms with Crippen LogP contribution in [0.3, 0.4) is 0 Å². The van der Waals surface area contributed by atoms with Gasteiger partial charge in [0, 0.05) is 6.54 Å². The molecule has 1 aliphatic carbocycles. The van der Waals surface area contributed by atoms with Crippen LogP contribution in [0.1, 0.15) is 35.1 Å². The Bertz CT molecular complexity index is 545. The molecule has 3 rings (SSSR count). The van der Waals surface area contributed by atoms with Gasteiger partial charge < -0.3 is 5.32 Å². The molecule has 20 heavy (non-hydrogen) atoms. The van der Waals surface area contributed by atoms with Crippen molar-refractivity contribution in [1.29, 1.82) is 0 Å². The van der Waals surface area contributed by atoms with Crippen molar-refractivity contribution >= 4 is 0 Å². The maximum atomic E-state index is 3.53. The minimum atomic E-state index is 0.964. The van der Waals surface area contributed by atoms with Gasteiger partial charge in [-0.25, -0.2) is 0 Å². The summed E-state index contributed by atoms with van der Waals surface area (Å²) in [6.45, 7) is 2.01. The van der Waals surface area contributed by atoms with Crippen LogP contribution in [0.5, 0.6) is 0 Å². The van der Waals surface area contributed by atoms with Crippen molar-refractivity contribution in [1.82, 2.24) is 5.32 Å². The minimum absolute atomic E-state index is 0.964. The molecular weight excluding hydrogens is 242 g/mol. The molecule has 0 heterocycles. The molecule has 1 N–H and O–H groups in total. The van der Waals surface area contributed by atoms with Gasteiger partial charge >= 0.3 is 0 Å². The molecule has 0 bridgehead atoms. The van der Waals surface area contributed by atoms with Crippen molar-refractivity contribution < 1.29 is 0 Å². The summed E-state index contributed by atoms with van der Waals surface area (Å²) >= 11 is 0. The van der Waals surface area contributed by atoms with Crippen LogP contribution in [0.2, 0.25) is 0 Å². The van der Waals surface area contributed by atoms with E-state index in [0.29, 0.717) is 0 Å². The van der Waals surface area contributed by atoms with Crippen molar-refractivity contribution in [2.75, 3.05) is 6.54 Å². The molecule has 0 spiro atoms. The van der Waals surface area contributed by atoms with Crippen LogP contribution < -0.4 is 5.32 Å².